The molecule has 1 aliphatic heterocycles. The van der Waals surface area contributed by atoms with Crippen LogP contribution in [0.5, 0.6) is 0 Å². The molecule has 0 amide bonds. The fourth-order valence-electron chi connectivity index (χ4n) is 0.928. The molecule has 1 rings (SSSR count). The number of hydrazine groups is 1. The molecule has 0 unspecified atom stereocenters. The van der Waals surface area contributed by atoms with Crippen molar-refractivity contribution in [3.63, 3.8) is 0 Å². The van der Waals surface area contributed by atoms with Crippen molar-refractivity contribution in [2.75, 3.05) is 13.1 Å². The van der Waals surface area contributed by atoms with Gasteiger partial charge in [0.1, 0.15) is 0 Å². The van der Waals surface area contributed by atoms with Crippen LogP contribution in [0, 0.1) is 5.21 Å². The third-order valence-corrected chi connectivity index (χ3v) is 1.40. The Balaban J connectivity index is 0.000000810. The van der Waals surface area contributed by atoms with Crippen LogP contribution in [0.4, 0.5) is 0 Å². The fourth-order valence-corrected chi connectivity index (χ4v) is 0.928. The first-order valence-electron chi connectivity index (χ1n) is 2.92. The molecule has 0 spiro atoms. The van der Waals surface area contributed by atoms with Gasteiger partial charge >= 0.3 is 29.6 Å². The molecular formula is C4H9N3NaO2+. The zero-order valence-electron chi connectivity index (χ0n) is 6.03. The van der Waals surface area contributed by atoms with Gasteiger partial charge in [-0.25, -0.2) is 0 Å². The molecule has 52 valence electrons. The van der Waals surface area contributed by atoms with Gasteiger partial charge in [0.05, 0.1) is 18.1 Å². The van der Waals surface area contributed by atoms with Crippen molar-refractivity contribution in [2.24, 2.45) is 5.28 Å². The average molecular weight is 154 g/mol. The van der Waals surface area contributed by atoms with Gasteiger partial charge in [-0.3, -0.25) is 0 Å². The number of nitrogens with zero attached hydrogens (tertiary/aromatic N) is 3. The Morgan fingerprint density at radius 2 is 1.90 bits per heavy atom. The zero-order chi connectivity index (χ0) is 6.69. The Morgan fingerprint density at radius 1 is 1.40 bits per heavy atom. The maximum Gasteiger partial charge on any atom is 1.00 e. The van der Waals surface area contributed by atoms with Gasteiger partial charge in [-0.2, -0.15) is 0 Å². The molecule has 1 saturated heterocycles. The summed E-state index contributed by atoms with van der Waals surface area (Å²) in [4.78, 5) is 0.229. The van der Waals surface area contributed by atoms with Crippen LogP contribution in [0.25, 0.3) is 0 Å². The van der Waals surface area contributed by atoms with Gasteiger partial charge in [0.2, 0.25) is 5.28 Å². The maximum atomic E-state index is 10.4. The van der Waals surface area contributed by atoms with E-state index in [0.29, 0.717) is 13.1 Å². The van der Waals surface area contributed by atoms with Crippen molar-refractivity contribution in [2.45, 2.75) is 12.8 Å². The van der Waals surface area contributed by atoms with Crippen molar-refractivity contribution < 1.29 is 39.7 Å². The Labute approximate surface area is 81.1 Å². The molecule has 0 atom stereocenters. The third kappa shape index (κ3) is 2.32. The van der Waals surface area contributed by atoms with E-state index in [1.807, 2.05) is 0 Å². The second kappa shape index (κ2) is 4.76. The van der Waals surface area contributed by atoms with Gasteiger partial charge in [-0.15, -0.1) is 5.01 Å². The van der Waals surface area contributed by atoms with E-state index >= 15 is 0 Å². The van der Waals surface area contributed by atoms with Crippen LogP contribution in [0.2, 0.25) is 0 Å². The van der Waals surface area contributed by atoms with Gasteiger partial charge in [-0.05, 0) is 12.8 Å². The van der Waals surface area contributed by atoms with Crippen molar-refractivity contribution in [1.82, 2.24) is 5.01 Å². The van der Waals surface area contributed by atoms with Gasteiger partial charge in [0, 0.05) is 0 Å². The molecule has 6 heteroatoms. The summed E-state index contributed by atoms with van der Waals surface area (Å²) < 4.78 is 0. The van der Waals surface area contributed by atoms with E-state index in [4.69, 9.17) is 5.21 Å². The Hall–Kier alpha value is 0.0000000000000000555. The smallest absolute Gasteiger partial charge is 0.569 e. The molecular weight excluding hydrogens is 145 g/mol. The largest absolute Gasteiger partial charge is 1.00 e. The van der Waals surface area contributed by atoms with Crippen molar-refractivity contribution >= 4 is 0 Å². The molecule has 0 aliphatic carbocycles. The van der Waals surface area contributed by atoms with E-state index in [9.17, 15) is 5.21 Å². The predicted molar refractivity (Wildman–Crippen MR) is 28.6 cm³/mol. The Kier molecular flexibility index (Phi) is 4.76. The van der Waals surface area contributed by atoms with E-state index in [1.165, 1.54) is 5.01 Å². The maximum absolute atomic E-state index is 10.4. The normalized spacial score (nSPS) is 18.8. The van der Waals surface area contributed by atoms with Crippen LogP contribution in [0.1, 0.15) is 12.8 Å². The minimum Gasteiger partial charge on any atom is -0.569 e. The van der Waals surface area contributed by atoms with Crippen LogP contribution in [-0.2, 0) is 0 Å². The monoisotopic (exact) mass is 154 g/mol. The fraction of sp³-hybridized carbons (Fsp3) is 1.00. The van der Waals surface area contributed by atoms with Crippen LogP contribution < -0.4 is 29.6 Å². The van der Waals surface area contributed by atoms with Crippen LogP contribution in [0.15, 0.2) is 5.28 Å². The molecule has 0 aromatic rings. The first kappa shape index (κ1) is 10.0. The van der Waals surface area contributed by atoms with E-state index in [1.54, 1.807) is 0 Å². The second-order valence-corrected chi connectivity index (χ2v) is 2.00. The summed E-state index contributed by atoms with van der Waals surface area (Å²) in [5, 5.41) is 22.4. The summed E-state index contributed by atoms with van der Waals surface area (Å²) in [6, 6.07) is 0. The molecule has 0 radical (unpaired) electrons. The minimum atomic E-state index is 0. The van der Waals surface area contributed by atoms with Gasteiger partial charge in [-0.1, -0.05) is 0 Å². The third-order valence-electron chi connectivity index (χ3n) is 1.40. The molecule has 0 aromatic heterocycles. The molecule has 0 bridgehead atoms. The topological polar surface area (TPSA) is 61.9 Å². The first-order chi connectivity index (χ1) is 4.34. The zero-order valence-corrected chi connectivity index (χ0v) is 8.03. The summed E-state index contributed by atoms with van der Waals surface area (Å²) in [6.45, 7) is 1.40. The van der Waals surface area contributed by atoms with Gasteiger partial charge < -0.3 is 10.4 Å². The molecule has 1 heterocycles. The molecule has 0 saturated carbocycles. The summed E-state index contributed by atoms with van der Waals surface area (Å²) >= 11 is 0. The molecule has 10 heavy (non-hydrogen) atoms. The van der Waals surface area contributed by atoms with E-state index in [0.717, 1.165) is 12.8 Å². The molecule has 0 aromatic carbocycles. The number of rotatable bonds is 1. The summed E-state index contributed by atoms with van der Waals surface area (Å²) in [6.07, 6.45) is 2.02. The minimum absolute atomic E-state index is 0. The van der Waals surface area contributed by atoms with Gasteiger partial charge in [0.15, 0.2) is 0 Å². The number of hydrogen-bond donors (Lipinski definition) is 1. The van der Waals surface area contributed by atoms with Crippen LogP contribution in [0.3, 0.4) is 0 Å². The Morgan fingerprint density at radius 3 is 2.30 bits per heavy atom. The summed E-state index contributed by atoms with van der Waals surface area (Å²) in [5.74, 6) is 0. The average Bonchev–Trinajstić information content (AvgIpc) is 2.37. The van der Waals surface area contributed by atoms with E-state index in [-0.39, 0.29) is 34.5 Å². The SMILES string of the molecule is [Na+].[O-][N+](=NO)N1CCCC1. The summed E-state index contributed by atoms with van der Waals surface area (Å²) in [5.41, 5.74) is 0. The standard InChI is InChI=1S/C4H9N3O2.Na/c8-5-7(9)6-3-1-2-4-6;/h8H,1-4H2;/q;+1. The van der Waals surface area contributed by atoms with Crippen molar-refractivity contribution in [3.05, 3.63) is 5.21 Å². The first-order valence-corrected chi connectivity index (χ1v) is 2.92. The Bertz CT molecular complexity index is 124. The second-order valence-electron chi connectivity index (χ2n) is 2.00. The number of hydrogen-bond acceptors (Lipinski definition) is 2. The van der Waals surface area contributed by atoms with Crippen molar-refractivity contribution in [3.8, 4) is 0 Å². The molecule has 1 fully saturated rings. The van der Waals surface area contributed by atoms with E-state index in [2.05, 4.69) is 5.28 Å². The van der Waals surface area contributed by atoms with E-state index < -0.39 is 0 Å². The predicted octanol–water partition coefficient (Wildman–Crippen LogP) is -2.65. The molecule has 1 N–H and O–H groups in total. The van der Waals surface area contributed by atoms with Crippen molar-refractivity contribution in [1.29, 1.82) is 0 Å². The summed E-state index contributed by atoms with van der Waals surface area (Å²) in [7, 11) is 0. The van der Waals surface area contributed by atoms with Gasteiger partial charge in [0.25, 0.3) is 0 Å². The van der Waals surface area contributed by atoms with Crippen LogP contribution >= 0.6 is 0 Å². The quantitative estimate of drug-likeness (QED) is 0.194. The van der Waals surface area contributed by atoms with Crippen LogP contribution in [-0.4, -0.2) is 28.3 Å². The molecule has 5 nitrogen and oxygen atoms in total. The molecule has 1 aliphatic rings.